The Morgan fingerprint density at radius 3 is 2.31 bits per heavy atom. The first-order chi connectivity index (χ1) is 15.4. The lowest BCUT2D eigenvalue weighted by atomic mass is 10.1. The van der Waals surface area contributed by atoms with Gasteiger partial charge in [0, 0.05) is 37.4 Å². The first-order valence-corrected chi connectivity index (χ1v) is 13.1. The van der Waals surface area contributed by atoms with E-state index in [0.29, 0.717) is 24.2 Å². The third kappa shape index (κ3) is 6.81. The quantitative estimate of drug-likeness (QED) is 0.538. The maximum atomic E-state index is 12.7. The smallest absolute Gasteiger partial charge is 0.240 e. The number of sulfonamides is 1. The largest absolute Gasteiger partial charge is 0.372 e. The van der Waals surface area contributed by atoms with Gasteiger partial charge in [0.1, 0.15) is 0 Å². The topological polar surface area (TPSA) is 78.5 Å². The first-order valence-electron chi connectivity index (χ1n) is 11.6. The van der Waals surface area contributed by atoms with Crippen LogP contribution < -0.4 is 14.9 Å². The van der Waals surface area contributed by atoms with E-state index in [1.165, 1.54) is 36.9 Å². The second kappa shape index (κ2) is 11.5. The molecule has 2 N–H and O–H groups in total. The van der Waals surface area contributed by atoms with Crippen molar-refractivity contribution in [1.29, 1.82) is 0 Å². The summed E-state index contributed by atoms with van der Waals surface area (Å²) in [5.74, 6) is -0.0995. The van der Waals surface area contributed by atoms with E-state index in [-0.39, 0.29) is 10.8 Å². The van der Waals surface area contributed by atoms with Crippen LogP contribution in [0.2, 0.25) is 0 Å². The molecule has 2 aromatic rings. The van der Waals surface area contributed by atoms with Crippen LogP contribution in [0.15, 0.2) is 47.4 Å². The molecule has 1 aliphatic heterocycles. The molecule has 0 spiro atoms. The summed E-state index contributed by atoms with van der Waals surface area (Å²) in [5, 5.41) is 2.75. The summed E-state index contributed by atoms with van der Waals surface area (Å²) in [7, 11) is -3.59. The Labute approximate surface area is 192 Å². The molecule has 6 nitrogen and oxygen atoms in total. The highest BCUT2D eigenvalue weighted by Gasteiger charge is 2.17. The zero-order valence-corrected chi connectivity index (χ0v) is 20.0. The van der Waals surface area contributed by atoms with Crippen molar-refractivity contribution in [3.05, 3.63) is 53.6 Å². The maximum absolute atomic E-state index is 12.7. The zero-order valence-electron chi connectivity index (χ0n) is 19.2. The number of hydrogen-bond donors (Lipinski definition) is 2. The van der Waals surface area contributed by atoms with Crippen molar-refractivity contribution in [2.75, 3.05) is 29.9 Å². The highest BCUT2D eigenvalue weighted by molar-refractivity contribution is 7.89. The van der Waals surface area contributed by atoms with Crippen LogP contribution in [0, 0.1) is 6.92 Å². The highest BCUT2D eigenvalue weighted by atomic mass is 32.2. The summed E-state index contributed by atoms with van der Waals surface area (Å²) >= 11 is 0. The van der Waals surface area contributed by atoms with Crippen molar-refractivity contribution in [1.82, 2.24) is 4.72 Å². The van der Waals surface area contributed by atoms with E-state index in [0.717, 1.165) is 25.9 Å². The number of nitrogens with zero attached hydrogens (tertiary/aromatic N) is 1. The van der Waals surface area contributed by atoms with E-state index in [1.807, 2.05) is 0 Å². The minimum absolute atomic E-state index is 0.0995. The lowest BCUT2D eigenvalue weighted by Gasteiger charge is -2.22. The minimum atomic E-state index is -3.59. The molecule has 0 saturated carbocycles. The van der Waals surface area contributed by atoms with Crippen molar-refractivity contribution in [2.45, 2.75) is 63.7 Å². The summed E-state index contributed by atoms with van der Waals surface area (Å²) in [5.41, 5.74) is 3.72. The minimum Gasteiger partial charge on any atom is -0.372 e. The number of benzene rings is 2. The predicted octanol–water partition coefficient (Wildman–Crippen LogP) is 4.64. The Kier molecular flexibility index (Phi) is 8.70. The van der Waals surface area contributed by atoms with Crippen LogP contribution in [0.5, 0.6) is 0 Å². The van der Waals surface area contributed by atoms with Gasteiger partial charge in [-0.1, -0.05) is 31.9 Å². The second-order valence-electron chi connectivity index (χ2n) is 8.45. The van der Waals surface area contributed by atoms with Crippen LogP contribution in [0.4, 0.5) is 11.4 Å². The molecule has 1 heterocycles. The molecule has 1 amide bonds. The molecule has 2 aromatic carbocycles. The number of hydrogen-bond acceptors (Lipinski definition) is 4. The SMILES string of the molecule is CCC(=O)Nc1ccc(S(=O)(=O)NCCCc2ccc(N3CCCCCC3)cc2)c(C)c1. The number of carbonyl (C=O) groups is 1. The first kappa shape index (κ1) is 24.3. The fraction of sp³-hybridized carbons (Fsp3) is 0.480. The van der Waals surface area contributed by atoms with E-state index < -0.39 is 10.0 Å². The lowest BCUT2D eigenvalue weighted by molar-refractivity contribution is -0.115. The molecular weight excluding hydrogens is 422 g/mol. The van der Waals surface area contributed by atoms with E-state index in [1.54, 1.807) is 32.0 Å². The Balaban J connectivity index is 1.49. The van der Waals surface area contributed by atoms with Gasteiger partial charge in [-0.05, 0) is 74.1 Å². The molecule has 3 rings (SSSR count). The number of amides is 1. The molecule has 174 valence electrons. The number of rotatable bonds is 9. The van der Waals surface area contributed by atoms with Crippen molar-refractivity contribution in [3.63, 3.8) is 0 Å². The van der Waals surface area contributed by atoms with Crippen molar-refractivity contribution >= 4 is 27.3 Å². The third-order valence-electron chi connectivity index (χ3n) is 5.91. The van der Waals surface area contributed by atoms with Crippen molar-refractivity contribution in [3.8, 4) is 0 Å². The standard InChI is InChI=1S/C25H35N3O3S/c1-3-25(29)27-22-12-15-24(20(2)19-22)32(30,31)26-16-8-9-21-10-13-23(14-11-21)28-17-6-4-5-7-18-28/h10-15,19,26H,3-9,16-18H2,1-2H3,(H,27,29). The fourth-order valence-corrected chi connectivity index (χ4v) is 5.36. The summed E-state index contributed by atoms with van der Waals surface area (Å²) < 4.78 is 28.1. The molecule has 0 unspecified atom stereocenters. The van der Waals surface area contributed by atoms with E-state index in [2.05, 4.69) is 39.2 Å². The maximum Gasteiger partial charge on any atom is 0.240 e. The monoisotopic (exact) mass is 457 g/mol. The number of nitrogens with one attached hydrogen (secondary N) is 2. The van der Waals surface area contributed by atoms with Crippen LogP contribution in [-0.4, -0.2) is 34.0 Å². The predicted molar refractivity (Wildman–Crippen MR) is 131 cm³/mol. The Bertz CT molecular complexity index is 996. The van der Waals surface area contributed by atoms with Gasteiger partial charge < -0.3 is 10.2 Å². The lowest BCUT2D eigenvalue weighted by Crippen LogP contribution is -2.26. The Morgan fingerprint density at radius 1 is 1.00 bits per heavy atom. The summed E-state index contributed by atoms with van der Waals surface area (Å²) in [6.45, 7) is 6.15. The molecule has 0 aliphatic carbocycles. The molecule has 0 radical (unpaired) electrons. The average Bonchev–Trinajstić information content (AvgIpc) is 3.06. The van der Waals surface area contributed by atoms with Crippen LogP contribution in [0.3, 0.4) is 0 Å². The fourth-order valence-electron chi connectivity index (χ4n) is 4.06. The van der Waals surface area contributed by atoms with Crippen molar-refractivity contribution < 1.29 is 13.2 Å². The van der Waals surface area contributed by atoms with Gasteiger partial charge >= 0.3 is 0 Å². The number of anilines is 2. The van der Waals surface area contributed by atoms with E-state index >= 15 is 0 Å². The van der Waals surface area contributed by atoms with Gasteiger partial charge in [-0.2, -0.15) is 0 Å². The van der Waals surface area contributed by atoms with Gasteiger partial charge in [0.25, 0.3) is 0 Å². The van der Waals surface area contributed by atoms with E-state index in [9.17, 15) is 13.2 Å². The molecule has 1 aliphatic rings. The van der Waals surface area contributed by atoms with Gasteiger partial charge in [0.15, 0.2) is 0 Å². The Hall–Kier alpha value is -2.38. The molecule has 7 heteroatoms. The number of aryl methyl sites for hydroxylation is 2. The van der Waals surface area contributed by atoms with Gasteiger partial charge in [0.2, 0.25) is 15.9 Å². The zero-order chi connectivity index (χ0) is 23.0. The van der Waals surface area contributed by atoms with Gasteiger partial charge in [0.05, 0.1) is 4.90 Å². The second-order valence-corrected chi connectivity index (χ2v) is 10.2. The van der Waals surface area contributed by atoms with Crippen LogP contribution in [-0.2, 0) is 21.2 Å². The van der Waals surface area contributed by atoms with Crippen molar-refractivity contribution in [2.24, 2.45) is 0 Å². The van der Waals surface area contributed by atoms with Gasteiger partial charge in [-0.25, -0.2) is 13.1 Å². The number of carbonyl (C=O) groups excluding carboxylic acids is 1. The normalized spacial score (nSPS) is 14.8. The van der Waals surface area contributed by atoms with Crippen LogP contribution >= 0.6 is 0 Å². The summed E-state index contributed by atoms with van der Waals surface area (Å²) in [4.78, 5) is 14.2. The highest BCUT2D eigenvalue weighted by Crippen LogP contribution is 2.21. The molecular formula is C25H35N3O3S. The van der Waals surface area contributed by atoms with Gasteiger partial charge in [-0.15, -0.1) is 0 Å². The molecule has 0 aromatic heterocycles. The molecule has 1 fully saturated rings. The molecule has 0 bridgehead atoms. The summed E-state index contributed by atoms with van der Waals surface area (Å²) in [6, 6.07) is 13.5. The van der Waals surface area contributed by atoms with Crippen LogP contribution in [0.25, 0.3) is 0 Å². The molecule has 1 saturated heterocycles. The average molecular weight is 458 g/mol. The molecule has 32 heavy (non-hydrogen) atoms. The van der Waals surface area contributed by atoms with E-state index in [4.69, 9.17) is 0 Å². The van der Waals surface area contributed by atoms with Crippen LogP contribution in [0.1, 0.15) is 56.6 Å². The van der Waals surface area contributed by atoms with Gasteiger partial charge in [-0.3, -0.25) is 4.79 Å². The Morgan fingerprint density at radius 2 is 1.69 bits per heavy atom. The molecule has 0 atom stereocenters. The summed E-state index contributed by atoms with van der Waals surface area (Å²) in [6.07, 6.45) is 7.10. The third-order valence-corrected chi connectivity index (χ3v) is 7.53.